The van der Waals surface area contributed by atoms with E-state index in [4.69, 9.17) is 21.1 Å². The molecule has 130 valence electrons. The maximum absolute atomic E-state index is 11.9. The lowest BCUT2D eigenvalue weighted by atomic mass is 10.2. The molecule has 0 saturated carbocycles. The zero-order valence-corrected chi connectivity index (χ0v) is 15.5. The Balaban J connectivity index is 2.32. The molecular weight excluding hydrogens is 350 g/mol. The number of ether oxygens (including phenoxy) is 2. The third-order valence-corrected chi connectivity index (χ3v) is 4.51. The van der Waals surface area contributed by atoms with Crippen molar-refractivity contribution in [2.75, 3.05) is 19.5 Å². The normalized spacial score (nSPS) is 10.8. The minimum Gasteiger partial charge on any atom is -0.495 e. The van der Waals surface area contributed by atoms with Crippen molar-refractivity contribution < 1.29 is 9.47 Å². The van der Waals surface area contributed by atoms with Gasteiger partial charge in [0.2, 0.25) is 5.95 Å². The molecule has 8 heteroatoms. The number of halogens is 1. The Labute approximate surface area is 149 Å². The number of aromatic amines is 1. The molecule has 0 radical (unpaired) electrons. The highest BCUT2D eigenvalue weighted by Crippen LogP contribution is 2.36. The number of H-pyrrole nitrogens is 1. The first-order valence-electron chi connectivity index (χ1n) is 7.33. The summed E-state index contributed by atoms with van der Waals surface area (Å²) < 4.78 is 10.5. The summed E-state index contributed by atoms with van der Waals surface area (Å²) in [6.45, 7) is 4.20. The van der Waals surface area contributed by atoms with E-state index in [9.17, 15) is 4.79 Å². The first-order valence-corrected chi connectivity index (χ1v) is 8.76. The van der Waals surface area contributed by atoms with Crippen molar-refractivity contribution in [3.8, 4) is 11.5 Å². The van der Waals surface area contributed by atoms with Gasteiger partial charge >= 0.3 is 0 Å². The zero-order chi connectivity index (χ0) is 17.7. The van der Waals surface area contributed by atoms with Crippen LogP contribution in [0, 0.1) is 0 Å². The number of nitrogens with one attached hydrogen (secondary N) is 2. The predicted octanol–water partition coefficient (Wildman–Crippen LogP) is 3.83. The molecule has 0 aliphatic carbocycles. The number of anilines is 2. The van der Waals surface area contributed by atoms with E-state index in [1.54, 1.807) is 23.9 Å². The molecule has 2 rings (SSSR count). The fraction of sp³-hybridized carbons (Fsp3) is 0.375. The van der Waals surface area contributed by atoms with Crippen LogP contribution >= 0.6 is 23.4 Å². The van der Waals surface area contributed by atoms with Gasteiger partial charge in [0.1, 0.15) is 11.5 Å². The molecule has 0 unspecified atom stereocenters. The van der Waals surface area contributed by atoms with Crippen molar-refractivity contribution in [1.29, 1.82) is 0 Å². The number of methoxy groups -OCH3 is 2. The van der Waals surface area contributed by atoms with E-state index >= 15 is 0 Å². The van der Waals surface area contributed by atoms with Gasteiger partial charge in [-0.15, -0.1) is 0 Å². The standard InChI is InChI=1S/C16H20ClN3O3S/c1-9(2)24-8-10-5-15(21)20-16(18-10)19-12-7-13(22-3)11(17)6-14(12)23-4/h5-7,9H,8H2,1-4H3,(H2,18,19,20,21). The van der Waals surface area contributed by atoms with Gasteiger partial charge in [0.05, 0.1) is 30.6 Å². The number of benzene rings is 1. The first kappa shape index (κ1) is 18.5. The second kappa shape index (κ2) is 8.30. The summed E-state index contributed by atoms with van der Waals surface area (Å²) in [7, 11) is 3.07. The summed E-state index contributed by atoms with van der Waals surface area (Å²) in [6.07, 6.45) is 0. The van der Waals surface area contributed by atoms with E-state index < -0.39 is 0 Å². The van der Waals surface area contributed by atoms with Gasteiger partial charge in [-0.25, -0.2) is 4.98 Å². The van der Waals surface area contributed by atoms with Crippen LogP contribution in [0.15, 0.2) is 23.0 Å². The molecule has 24 heavy (non-hydrogen) atoms. The van der Waals surface area contributed by atoms with Crippen molar-refractivity contribution in [3.63, 3.8) is 0 Å². The molecule has 2 aromatic rings. The first-order chi connectivity index (χ1) is 11.4. The number of hydrogen-bond acceptors (Lipinski definition) is 6. The van der Waals surface area contributed by atoms with Crippen molar-refractivity contribution in [3.05, 3.63) is 39.3 Å². The van der Waals surface area contributed by atoms with Crippen LogP contribution in [0.3, 0.4) is 0 Å². The number of rotatable bonds is 7. The highest BCUT2D eigenvalue weighted by atomic mass is 35.5. The molecule has 0 aliphatic heterocycles. The lowest BCUT2D eigenvalue weighted by Crippen LogP contribution is -2.12. The predicted molar refractivity (Wildman–Crippen MR) is 99.1 cm³/mol. The van der Waals surface area contributed by atoms with Crippen LogP contribution in [0.4, 0.5) is 11.6 Å². The Morgan fingerprint density at radius 3 is 2.58 bits per heavy atom. The average Bonchev–Trinajstić information content (AvgIpc) is 2.53. The summed E-state index contributed by atoms with van der Waals surface area (Å²) in [5.74, 6) is 2.01. The minimum atomic E-state index is -0.216. The Kier molecular flexibility index (Phi) is 6.39. The number of aromatic nitrogens is 2. The molecular formula is C16H20ClN3O3S. The van der Waals surface area contributed by atoms with E-state index in [-0.39, 0.29) is 5.56 Å². The highest BCUT2D eigenvalue weighted by molar-refractivity contribution is 7.99. The highest BCUT2D eigenvalue weighted by Gasteiger charge is 2.12. The largest absolute Gasteiger partial charge is 0.495 e. The monoisotopic (exact) mass is 369 g/mol. The van der Waals surface area contributed by atoms with E-state index in [1.807, 2.05) is 0 Å². The quantitative estimate of drug-likeness (QED) is 0.772. The Bertz CT molecular complexity index is 765. The minimum absolute atomic E-state index is 0.216. The third-order valence-electron chi connectivity index (χ3n) is 3.09. The van der Waals surface area contributed by atoms with Gasteiger partial charge in [0.15, 0.2) is 0 Å². The van der Waals surface area contributed by atoms with E-state index in [2.05, 4.69) is 29.1 Å². The molecule has 6 nitrogen and oxygen atoms in total. The summed E-state index contributed by atoms with van der Waals surface area (Å²) in [4.78, 5) is 19.0. The van der Waals surface area contributed by atoms with Crippen molar-refractivity contribution in [2.45, 2.75) is 24.9 Å². The maximum Gasteiger partial charge on any atom is 0.252 e. The van der Waals surface area contributed by atoms with Gasteiger partial charge in [-0.1, -0.05) is 25.4 Å². The van der Waals surface area contributed by atoms with Crippen LogP contribution in [-0.4, -0.2) is 29.4 Å². The van der Waals surface area contributed by atoms with Crippen molar-refractivity contribution in [2.24, 2.45) is 0 Å². The fourth-order valence-corrected chi connectivity index (χ4v) is 2.86. The fourth-order valence-electron chi connectivity index (χ4n) is 1.98. The molecule has 0 bridgehead atoms. The smallest absolute Gasteiger partial charge is 0.252 e. The maximum atomic E-state index is 11.9. The van der Waals surface area contributed by atoms with Crippen molar-refractivity contribution in [1.82, 2.24) is 9.97 Å². The molecule has 0 spiro atoms. The van der Waals surface area contributed by atoms with Crippen molar-refractivity contribution >= 4 is 35.0 Å². The molecule has 2 N–H and O–H groups in total. The number of thioether (sulfide) groups is 1. The lowest BCUT2D eigenvalue weighted by molar-refractivity contribution is 0.405. The zero-order valence-electron chi connectivity index (χ0n) is 14.0. The van der Waals surface area contributed by atoms with E-state index in [0.717, 1.165) is 0 Å². The molecule has 0 atom stereocenters. The van der Waals surface area contributed by atoms with E-state index in [0.29, 0.717) is 44.9 Å². The molecule has 0 saturated heterocycles. The SMILES string of the molecule is COc1cc(Nc2nc(CSC(C)C)cc(=O)[nH]2)c(OC)cc1Cl. The molecule has 1 aromatic carbocycles. The van der Waals surface area contributed by atoms with E-state index in [1.165, 1.54) is 20.3 Å². The molecule has 0 aliphatic rings. The second-order valence-electron chi connectivity index (χ2n) is 5.26. The van der Waals surface area contributed by atoms with Gasteiger partial charge in [0, 0.05) is 24.0 Å². The van der Waals surface area contributed by atoms with Crippen LogP contribution < -0.4 is 20.3 Å². The van der Waals surface area contributed by atoms with Gasteiger partial charge in [-0.3, -0.25) is 9.78 Å². The molecule has 0 amide bonds. The summed E-state index contributed by atoms with van der Waals surface area (Å²) in [5, 5.41) is 3.95. The summed E-state index contributed by atoms with van der Waals surface area (Å²) in [6, 6.07) is 4.83. The molecule has 1 aromatic heterocycles. The van der Waals surface area contributed by atoms with Gasteiger partial charge in [-0.2, -0.15) is 11.8 Å². The average molecular weight is 370 g/mol. The van der Waals surface area contributed by atoms with Gasteiger partial charge in [0.25, 0.3) is 5.56 Å². The third kappa shape index (κ3) is 4.82. The van der Waals surface area contributed by atoms with Crippen LogP contribution in [0.1, 0.15) is 19.5 Å². The molecule has 1 heterocycles. The second-order valence-corrected chi connectivity index (χ2v) is 7.23. The Morgan fingerprint density at radius 2 is 1.96 bits per heavy atom. The Morgan fingerprint density at radius 1 is 1.25 bits per heavy atom. The van der Waals surface area contributed by atoms with Crippen LogP contribution in [-0.2, 0) is 5.75 Å². The molecule has 0 fully saturated rings. The van der Waals surface area contributed by atoms with Crippen LogP contribution in [0.5, 0.6) is 11.5 Å². The van der Waals surface area contributed by atoms with Gasteiger partial charge in [-0.05, 0) is 5.25 Å². The number of hydrogen-bond donors (Lipinski definition) is 2. The summed E-state index contributed by atoms with van der Waals surface area (Å²) >= 11 is 7.81. The summed E-state index contributed by atoms with van der Waals surface area (Å²) in [5.41, 5.74) is 1.09. The number of nitrogens with zero attached hydrogens (tertiary/aromatic N) is 1. The Hall–Kier alpha value is -1.86. The van der Waals surface area contributed by atoms with Gasteiger partial charge < -0.3 is 14.8 Å². The topological polar surface area (TPSA) is 76.2 Å². The van der Waals surface area contributed by atoms with Crippen LogP contribution in [0.2, 0.25) is 5.02 Å². The lowest BCUT2D eigenvalue weighted by Gasteiger charge is -2.14. The van der Waals surface area contributed by atoms with Crippen LogP contribution in [0.25, 0.3) is 0 Å².